The summed E-state index contributed by atoms with van der Waals surface area (Å²) in [5.41, 5.74) is 1.94. The van der Waals surface area contributed by atoms with Crippen LogP contribution in [0.4, 0.5) is 16.3 Å². The minimum absolute atomic E-state index is 0.221. The van der Waals surface area contributed by atoms with Crippen molar-refractivity contribution < 1.29 is 4.79 Å². The zero-order valence-corrected chi connectivity index (χ0v) is 17.5. The second-order valence-electron chi connectivity index (χ2n) is 7.39. The van der Waals surface area contributed by atoms with Gasteiger partial charge in [-0.25, -0.2) is 9.59 Å². The fraction of sp³-hybridized carbons (Fsp3) is 0.261. The van der Waals surface area contributed by atoms with Crippen molar-refractivity contribution in [1.29, 1.82) is 0 Å². The number of aromatic nitrogens is 2. The van der Waals surface area contributed by atoms with Crippen molar-refractivity contribution in [3.8, 4) is 0 Å². The van der Waals surface area contributed by atoms with Crippen molar-refractivity contribution in [2.45, 2.75) is 26.4 Å². The smallest absolute Gasteiger partial charge is 0.330 e. The van der Waals surface area contributed by atoms with Crippen LogP contribution in [0.2, 0.25) is 0 Å². The zero-order valence-electron chi connectivity index (χ0n) is 17.5. The Kier molecular flexibility index (Phi) is 5.62. The summed E-state index contributed by atoms with van der Waals surface area (Å²) in [5, 5.41) is 5.48. The Bertz CT molecular complexity index is 1190. The van der Waals surface area contributed by atoms with E-state index in [0.717, 1.165) is 29.9 Å². The summed E-state index contributed by atoms with van der Waals surface area (Å²) in [6, 6.07) is 16.0. The molecule has 1 aliphatic rings. The van der Waals surface area contributed by atoms with Crippen LogP contribution in [0.3, 0.4) is 0 Å². The number of rotatable bonds is 6. The Labute approximate surface area is 179 Å². The molecule has 1 unspecified atom stereocenters. The maximum atomic E-state index is 12.8. The van der Waals surface area contributed by atoms with E-state index in [-0.39, 0.29) is 12.4 Å². The minimum Gasteiger partial charge on any atom is -0.372 e. The molecule has 1 aliphatic heterocycles. The molecular weight excluding hydrogens is 394 g/mol. The summed E-state index contributed by atoms with van der Waals surface area (Å²) in [4.78, 5) is 42.4. The number of nitrogens with one attached hydrogen (secondary N) is 3. The van der Waals surface area contributed by atoms with E-state index in [4.69, 9.17) is 0 Å². The highest BCUT2D eigenvalue weighted by molar-refractivity contribution is 5.92. The standard InChI is InChI=1S/C23H25N5O3/c1-3-27(4-2)17-12-10-16(11-13-17)19-18-20(25-22(30)24-19)28(23(31)26-21(18)29)14-15-8-6-5-7-9-15/h5-13,19H,3-4,14H2,1-2H3,(H2,24,25,30)(H,26,29,31). The van der Waals surface area contributed by atoms with Gasteiger partial charge >= 0.3 is 11.7 Å². The van der Waals surface area contributed by atoms with Gasteiger partial charge in [-0.3, -0.25) is 19.7 Å². The van der Waals surface area contributed by atoms with E-state index in [1.807, 2.05) is 54.6 Å². The van der Waals surface area contributed by atoms with Crippen LogP contribution in [0.15, 0.2) is 64.2 Å². The van der Waals surface area contributed by atoms with Gasteiger partial charge in [0.2, 0.25) is 0 Å². The second kappa shape index (κ2) is 8.51. The highest BCUT2D eigenvalue weighted by Crippen LogP contribution is 2.29. The highest BCUT2D eigenvalue weighted by atomic mass is 16.2. The lowest BCUT2D eigenvalue weighted by molar-refractivity contribution is 0.248. The number of H-pyrrole nitrogens is 1. The van der Waals surface area contributed by atoms with E-state index in [2.05, 4.69) is 34.4 Å². The molecule has 3 aromatic rings. The summed E-state index contributed by atoms with van der Waals surface area (Å²) < 4.78 is 1.39. The topological polar surface area (TPSA) is 99.2 Å². The third-order valence-electron chi connectivity index (χ3n) is 5.57. The molecule has 2 amide bonds. The quantitative estimate of drug-likeness (QED) is 0.572. The number of anilines is 2. The summed E-state index contributed by atoms with van der Waals surface area (Å²) in [5.74, 6) is 0.221. The van der Waals surface area contributed by atoms with Crippen LogP contribution >= 0.6 is 0 Å². The number of nitrogens with zero attached hydrogens (tertiary/aromatic N) is 2. The van der Waals surface area contributed by atoms with E-state index in [1.54, 1.807) is 0 Å². The molecule has 8 nitrogen and oxygen atoms in total. The molecule has 160 valence electrons. The molecule has 4 rings (SSSR count). The number of urea groups is 1. The molecule has 0 radical (unpaired) electrons. The van der Waals surface area contributed by atoms with E-state index >= 15 is 0 Å². The van der Waals surface area contributed by atoms with E-state index < -0.39 is 23.3 Å². The molecule has 0 bridgehead atoms. The van der Waals surface area contributed by atoms with Gasteiger partial charge in [0.15, 0.2) is 0 Å². The number of hydrogen-bond donors (Lipinski definition) is 3. The summed E-state index contributed by atoms with van der Waals surface area (Å²) in [6.45, 7) is 6.17. The van der Waals surface area contributed by atoms with Crippen LogP contribution in [-0.2, 0) is 6.54 Å². The van der Waals surface area contributed by atoms with Crippen LogP contribution in [0.1, 0.15) is 36.6 Å². The summed E-state index contributed by atoms with van der Waals surface area (Å²) in [7, 11) is 0. The maximum Gasteiger partial charge on any atom is 0.330 e. The summed E-state index contributed by atoms with van der Waals surface area (Å²) in [6.07, 6.45) is 0. The van der Waals surface area contributed by atoms with Crippen LogP contribution in [0.5, 0.6) is 0 Å². The Morgan fingerprint density at radius 1 is 0.935 bits per heavy atom. The van der Waals surface area contributed by atoms with Gasteiger partial charge in [-0.2, -0.15) is 0 Å². The monoisotopic (exact) mass is 419 g/mol. The van der Waals surface area contributed by atoms with Crippen molar-refractivity contribution in [2.75, 3.05) is 23.3 Å². The normalized spacial score (nSPS) is 15.0. The van der Waals surface area contributed by atoms with Gasteiger partial charge in [-0.1, -0.05) is 42.5 Å². The third-order valence-corrected chi connectivity index (χ3v) is 5.57. The van der Waals surface area contributed by atoms with Crippen LogP contribution in [0.25, 0.3) is 0 Å². The number of fused-ring (bicyclic) bond motifs is 1. The Morgan fingerprint density at radius 2 is 1.61 bits per heavy atom. The minimum atomic E-state index is -0.666. The Hall–Kier alpha value is -3.81. The first-order chi connectivity index (χ1) is 15.0. The number of benzene rings is 2. The first-order valence-electron chi connectivity index (χ1n) is 10.3. The van der Waals surface area contributed by atoms with Gasteiger partial charge in [0.1, 0.15) is 5.82 Å². The largest absolute Gasteiger partial charge is 0.372 e. The Morgan fingerprint density at radius 3 is 2.26 bits per heavy atom. The fourth-order valence-electron chi connectivity index (χ4n) is 3.97. The molecule has 0 aliphatic carbocycles. The van der Waals surface area contributed by atoms with E-state index in [9.17, 15) is 14.4 Å². The average molecular weight is 419 g/mol. The van der Waals surface area contributed by atoms with Crippen LogP contribution < -0.4 is 26.8 Å². The number of amides is 2. The molecular formula is C23H25N5O3. The van der Waals surface area contributed by atoms with Gasteiger partial charge in [0.25, 0.3) is 5.56 Å². The third kappa shape index (κ3) is 3.96. The SMILES string of the molecule is CCN(CC)c1ccc(C2NC(=O)Nc3c2c(=O)[nH]c(=O)n3Cc2ccccc2)cc1. The van der Waals surface area contributed by atoms with Gasteiger partial charge < -0.3 is 10.2 Å². The van der Waals surface area contributed by atoms with Gasteiger partial charge in [0, 0.05) is 18.8 Å². The number of hydrogen-bond acceptors (Lipinski definition) is 4. The van der Waals surface area contributed by atoms with Crippen molar-refractivity contribution in [2.24, 2.45) is 0 Å². The lowest BCUT2D eigenvalue weighted by Crippen LogP contribution is -2.46. The molecule has 0 saturated heterocycles. The molecule has 1 atom stereocenters. The van der Waals surface area contributed by atoms with Gasteiger partial charge in [-0.05, 0) is 37.1 Å². The lowest BCUT2D eigenvalue weighted by atomic mass is 9.98. The predicted octanol–water partition coefficient (Wildman–Crippen LogP) is 2.66. The highest BCUT2D eigenvalue weighted by Gasteiger charge is 2.31. The average Bonchev–Trinajstić information content (AvgIpc) is 2.78. The molecule has 2 aromatic carbocycles. The molecule has 0 saturated carbocycles. The maximum absolute atomic E-state index is 12.8. The Balaban J connectivity index is 1.79. The fourth-order valence-corrected chi connectivity index (χ4v) is 3.97. The summed E-state index contributed by atoms with van der Waals surface area (Å²) >= 11 is 0. The molecule has 1 aromatic heterocycles. The number of carbonyl (C=O) groups excluding carboxylic acids is 1. The zero-order chi connectivity index (χ0) is 22.0. The molecule has 0 spiro atoms. The number of carbonyl (C=O) groups is 1. The van der Waals surface area contributed by atoms with Crippen LogP contribution in [-0.4, -0.2) is 28.7 Å². The molecule has 2 heterocycles. The van der Waals surface area contributed by atoms with Crippen molar-refractivity contribution in [3.63, 3.8) is 0 Å². The van der Waals surface area contributed by atoms with Crippen molar-refractivity contribution in [3.05, 3.63) is 92.1 Å². The first kappa shape index (κ1) is 20.5. The van der Waals surface area contributed by atoms with Crippen LogP contribution in [0, 0.1) is 0 Å². The van der Waals surface area contributed by atoms with Gasteiger partial charge in [-0.15, -0.1) is 0 Å². The van der Waals surface area contributed by atoms with E-state index in [0.29, 0.717) is 5.56 Å². The van der Waals surface area contributed by atoms with Gasteiger partial charge in [0.05, 0.1) is 18.2 Å². The second-order valence-corrected chi connectivity index (χ2v) is 7.39. The first-order valence-corrected chi connectivity index (χ1v) is 10.3. The molecule has 31 heavy (non-hydrogen) atoms. The molecule has 3 N–H and O–H groups in total. The molecule has 0 fully saturated rings. The molecule has 8 heteroatoms. The lowest BCUT2D eigenvalue weighted by Gasteiger charge is -2.29. The van der Waals surface area contributed by atoms with Crippen molar-refractivity contribution in [1.82, 2.24) is 14.9 Å². The number of aromatic amines is 1. The van der Waals surface area contributed by atoms with E-state index in [1.165, 1.54) is 4.57 Å². The van der Waals surface area contributed by atoms with Crippen molar-refractivity contribution >= 4 is 17.5 Å². The predicted molar refractivity (Wildman–Crippen MR) is 121 cm³/mol.